The normalized spacial score (nSPS) is 33.7. The van der Waals surface area contributed by atoms with Gasteiger partial charge in [0.15, 0.2) is 0 Å². The van der Waals surface area contributed by atoms with Gasteiger partial charge >= 0.3 is 0 Å². The molecular formula is C36H36S. The minimum atomic E-state index is 0.191. The third-order valence-electron chi connectivity index (χ3n) is 10.0. The van der Waals surface area contributed by atoms with Crippen LogP contribution in [0.1, 0.15) is 44.6 Å². The lowest BCUT2D eigenvalue weighted by atomic mass is 9.47. The van der Waals surface area contributed by atoms with Crippen molar-refractivity contribution in [2.45, 2.75) is 48.8 Å². The molecule has 7 atom stereocenters. The van der Waals surface area contributed by atoms with Gasteiger partial charge in [0.25, 0.3) is 0 Å². The van der Waals surface area contributed by atoms with Gasteiger partial charge in [0.1, 0.15) is 0 Å². The summed E-state index contributed by atoms with van der Waals surface area (Å²) in [5.41, 5.74) is 4.55. The van der Waals surface area contributed by atoms with E-state index in [4.69, 9.17) is 0 Å². The van der Waals surface area contributed by atoms with Gasteiger partial charge in [-0.05, 0) is 107 Å². The average molecular weight is 501 g/mol. The molecule has 3 aliphatic carbocycles. The van der Waals surface area contributed by atoms with E-state index < -0.39 is 0 Å². The topological polar surface area (TPSA) is 0 Å². The molecule has 0 bridgehead atoms. The number of fused-ring (bicyclic) bond motifs is 4. The molecule has 0 aromatic heterocycles. The van der Waals surface area contributed by atoms with Gasteiger partial charge in [-0.3, -0.25) is 0 Å². The van der Waals surface area contributed by atoms with E-state index in [1.54, 1.807) is 0 Å². The van der Waals surface area contributed by atoms with Crippen LogP contribution in [0.5, 0.6) is 0 Å². The Labute approximate surface area is 226 Å². The second kappa shape index (κ2) is 8.91. The predicted molar refractivity (Wildman–Crippen MR) is 159 cm³/mol. The van der Waals surface area contributed by atoms with E-state index in [0.29, 0.717) is 35.5 Å². The van der Waals surface area contributed by atoms with Crippen LogP contribution in [0.2, 0.25) is 0 Å². The monoisotopic (exact) mass is 500 g/mol. The molecule has 37 heavy (non-hydrogen) atoms. The molecule has 1 heterocycles. The average Bonchev–Trinajstić information content (AvgIpc) is 2.92. The fraction of sp³-hybridized carbons (Fsp3) is 0.333. The highest BCUT2D eigenvalue weighted by Gasteiger charge is 2.53. The van der Waals surface area contributed by atoms with Crippen molar-refractivity contribution in [3.8, 4) is 11.1 Å². The Morgan fingerprint density at radius 1 is 0.946 bits per heavy atom. The van der Waals surface area contributed by atoms with Gasteiger partial charge in [-0.15, -0.1) is 6.58 Å². The maximum Gasteiger partial charge on any atom is 0.0207 e. The highest BCUT2D eigenvalue weighted by molar-refractivity contribution is 7.99. The van der Waals surface area contributed by atoms with Crippen LogP contribution in [0.15, 0.2) is 113 Å². The van der Waals surface area contributed by atoms with Crippen LogP contribution in [0.4, 0.5) is 0 Å². The first-order valence-corrected chi connectivity index (χ1v) is 14.9. The Hall–Kier alpha value is -2.77. The van der Waals surface area contributed by atoms with E-state index in [2.05, 4.69) is 118 Å². The molecule has 3 aromatic rings. The van der Waals surface area contributed by atoms with Crippen molar-refractivity contribution in [2.24, 2.45) is 35.0 Å². The molecule has 3 aromatic carbocycles. The molecule has 186 valence electrons. The minimum absolute atomic E-state index is 0.191. The highest BCUT2D eigenvalue weighted by atomic mass is 32.2. The zero-order chi connectivity index (χ0) is 25.1. The Kier molecular flexibility index (Phi) is 5.63. The second-order valence-electron chi connectivity index (χ2n) is 11.9. The molecule has 0 radical (unpaired) electrons. The second-order valence-corrected chi connectivity index (χ2v) is 13.0. The SMILES string of the molecule is C=C[C@@H]1C(/C=C\C)CCC2C(c3ccc4c(c3)-c3cccc5cccc(c35)S4)C3C=CC=CC3(C)CC21. The molecule has 0 amide bonds. The third-order valence-corrected chi connectivity index (χ3v) is 11.2. The standard InChI is InChI=1S/C36H36S/c1-4-10-23-16-18-28-30(26(23)5-2)22-36(3)20-7-6-14-31(36)34(28)25-17-19-32-29(21-25)27-13-8-11-24-12-9-15-33(37-32)35(24)27/h4-15,17,19-21,23,26,28,30-31,34H,2,16,18,22H2,1,3H3/b10-4-/t23?,26-,28?,30?,31?,34?,36?/m1/s1. The van der Waals surface area contributed by atoms with E-state index in [-0.39, 0.29) is 5.41 Å². The van der Waals surface area contributed by atoms with Crippen molar-refractivity contribution in [3.63, 3.8) is 0 Å². The molecule has 2 fully saturated rings. The molecular weight excluding hydrogens is 464 g/mol. The number of hydrogen-bond acceptors (Lipinski definition) is 1. The van der Waals surface area contributed by atoms with Crippen LogP contribution >= 0.6 is 11.8 Å². The van der Waals surface area contributed by atoms with Gasteiger partial charge in [0.2, 0.25) is 0 Å². The van der Waals surface area contributed by atoms with Crippen molar-refractivity contribution < 1.29 is 0 Å². The van der Waals surface area contributed by atoms with E-state index in [0.717, 1.165) is 0 Å². The number of hydrogen-bond donors (Lipinski definition) is 0. The van der Waals surface area contributed by atoms with Crippen molar-refractivity contribution in [3.05, 3.63) is 109 Å². The van der Waals surface area contributed by atoms with Crippen LogP contribution in [-0.4, -0.2) is 0 Å². The largest absolute Gasteiger partial charge is 0.103 e. The number of rotatable bonds is 3. The summed E-state index contributed by atoms with van der Waals surface area (Å²) >= 11 is 1.94. The summed E-state index contributed by atoms with van der Waals surface area (Å²) in [7, 11) is 0. The highest BCUT2D eigenvalue weighted by Crippen LogP contribution is 2.62. The third kappa shape index (κ3) is 3.57. The van der Waals surface area contributed by atoms with Crippen LogP contribution in [-0.2, 0) is 0 Å². The maximum absolute atomic E-state index is 4.36. The zero-order valence-corrected chi connectivity index (χ0v) is 22.8. The van der Waals surface area contributed by atoms with Gasteiger partial charge in [-0.25, -0.2) is 0 Å². The van der Waals surface area contributed by atoms with Gasteiger partial charge in [0, 0.05) is 15.2 Å². The van der Waals surface area contributed by atoms with Crippen LogP contribution < -0.4 is 0 Å². The fourth-order valence-electron chi connectivity index (χ4n) is 8.49. The predicted octanol–water partition coefficient (Wildman–Crippen LogP) is 10.2. The molecule has 0 nitrogen and oxygen atoms in total. The van der Waals surface area contributed by atoms with E-state index in [9.17, 15) is 0 Å². The van der Waals surface area contributed by atoms with Gasteiger partial charge < -0.3 is 0 Å². The van der Waals surface area contributed by atoms with Crippen molar-refractivity contribution in [1.29, 1.82) is 0 Å². The van der Waals surface area contributed by atoms with Crippen molar-refractivity contribution >= 4 is 22.5 Å². The lowest BCUT2D eigenvalue weighted by molar-refractivity contribution is 0.00244. The first-order valence-electron chi connectivity index (χ1n) is 14.1. The summed E-state index contributed by atoms with van der Waals surface area (Å²) in [6.07, 6.45) is 20.5. The van der Waals surface area contributed by atoms with Gasteiger partial charge in [0.05, 0.1) is 0 Å². The smallest absolute Gasteiger partial charge is 0.0207 e. The van der Waals surface area contributed by atoms with Gasteiger partial charge in [-0.2, -0.15) is 0 Å². The molecule has 0 spiro atoms. The number of allylic oxidation sites excluding steroid dienone is 7. The van der Waals surface area contributed by atoms with E-state index in [1.807, 2.05) is 11.8 Å². The quantitative estimate of drug-likeness (QED) is 0.252. The Morgan fingerprint density at radius 3 is 2.65 bits per heavy atom. The summed E-state index contributed by atoms with van der Waals surface area (Å²) in [6.45, 7) is 9.06. The lowest BCUT2D eigenvalue weighted by Gasteiger charge is -2.57. The van der Waals surface area contributed by atoms with E-state index in [1.165, 1.54) is 56.5 Å². The molecule has 4 aliphatic rings. The lowest BCUT2D eigenvalue weighted by Crippen LogP contribution is -2.49. The first-order chi connectivity index (χ1) is 18.1. The first kappa shape index (κ1) is 23.4. The zero-order valence-electron chi connectivity index (χ0n) is 21.9. The Morgan fingerprint density at radius 2 is 1.81 bits per heavy atom. The Balaban J connectivity index is 1.37. The summed E-state index contributed by atoms with van der Waals surface area (Å²) in [5, 5.41) is 2.77. The summed E-state index contributed by atoms with van der Waals surface area (Å²) in [6, 6.07) is 21.0. The van der Waals surface area contributed by atoms with Crippen LogP contribution in [0, 0.1) is 35.0 Å². The summed E-state index contributed by atoms with van der Waals surface area (Å²) in [5.74, 6) is 3.62. The minimum Gasteiger partial charge on any atom is -0.103 e. The van der Waals surface area contributed by atoms with Crippen LogP contribution in [0.25, 0.3) is 21.9 Å². The molecule has 2 saturated carbocycles. The molecule has 0 N–H and O–H groups in total. The van der Waals surface area contributed by atoms with E-state index >= 15 is 0 Å². The summed E-state index contributed by atoms with van der Waals surface area (Å²) in [4.78, 5) is 2.78. The molecule has 6 unspecified atom stereocenters. The fourth-order valence-corrected chi connectivity index (χ4v) is 9.62. The van der Waals surface area contributed by atoms with Gasteiger partial charge in [-0.1, -0.05) is 97.6 Å². The van der Waals surface area contributed by atoms with Crippen molar-refractivity contribution in [1.82, 2.24) is 0 Å². The molecule has 1 heteroatoms. The number of benzene rings is 3. The van der Waals surface area contributed by atoms with Crippen LogP contribution in [0.3, 0.4) is 0 Å². The molecule has 7 rings (SSSR count). The molecule has 1 aliphatic heterocycles. The maximum atomic E-state index is 4.36. The van der Waals surface area contributed by atoms with Crippen molar-refractivity contribution in [2.75, 3.05) is 0 Å². The molecule has 0 saturated heterocycles. The summed E-state index contributed by atoms with van der Waals surface area (Å²) < 4.78 is 0. The Bertz CT molecular complexity index is 1470.